The lowest BCUT2D eigenvalue weighted by Gasteiger charge is -2.47. The number of carbonyl (C=O) groups is 2. The monoisotopic (exact) mass is 373 g/mol. The van der Waals surface area contributed by atoms with E-state index in [1.54, 1.807) is 13.2 Å². The highest BCUT2D eigenvalue weighted by Crippen LogP contribution is 2.40. The van der Waals surface area contributed by atoms with Crippen LogP contribution in [0.4, 0.5) is 0 Å². The van der Waals surface area contributed by atoms with E-state index < -0.39 is 0 Å². The summed E-state index contributed by atoms with van der Waals surface area (Å²) < 4.78 is 5.23. The van der Waals surface area contributed by atoms with Crippen molar-refractivity contribution in [2.24, 2.45) is 5.41 Å². The van der Waals surface area contributed by atoms with Crippen LogP contribution in [-0.4, -0.2) is 80.4 Å². The maximum Gasteiger partial charge on any atom is 0.253 e. The molecule has 2 fully saturated rings. The maximum atomic E-state index is 12.8. The molecule has 0 atom stereocenters. The number of nitrogens with zero attached hydrogens (tertiary/aromatic N) is 3. The van der Waals surface area contributed by atoms with Crippen molar-refractivity contribution in [1.82, 2.24) is 14.7 Å². The van der Waals surface area contributed by atoms with Gasteiger partial charge in [0.25, 0.3) is 5.91 Å². The number of rotatable bonds is 5. The Balaban J connectivity index is 1.60. The minimum atomic E-state index is 0.0695. The van der Waals surface area contributed by atoms with Crippen LogP contribution in [0.2, 0.25) is 0 Å². The van der Waals surface area contributed by atoms with Crippen LogP contribution in [0.5, 0.6) is 5.75 Å². The molecule has 2 heterocycles. The molecule has 0 bridgehead atoms. The SMILES string of the molecule is COc1cccc(C(=O)N2CCC3(CCC(=O)N(CCN(C)C)C3)CC2)c1. The summed E-state index contributed by atoms with van der Waals surface area (Å²) >= 11 is 0. The van der Waals surface area contributed by atoms with Crippen molar-refractivity contribution in [3.8, 4) is 5.75 Å². The van der Waals surface area contributed by atoms with Crippen molar-refractivity contribution >= 4 is 11.8 Å². The molecule has 6 nitrogen and oxygen atoms in total. The van der Waals surface area contributed by atoms with Gasteiger partial charge in [0, 0.05) is 44.7 Å². The fourth-order valence-corrected chi connectivity index (χ4v) is 4.16. The summed E-state index contributed by atoms with van der Waals surface area (Å²) in [7, 11) is 5.68. The molecule has 3 rings (SSSR count). The summed E-state index contributed by atoms with van der Waals surface area (Å²) in [6.45, 7) is 4.03. The fourth-order valence-electron chi connectivity index (χ4n) is 4.16. The summed E-state index contributed by atoms with van der Waals surface area (Å²) in [4.78, 5) is 31.2. The Morgan fingerprint density at radius 1 is 1.22 bits per heavy atom. The van der Waals surface area contributed by atoms with Gasteiger partial charge in [0.05, 0.1) is 7.11 Å². The largest absolute Gasteiger partial charge is 0.497 e. The number of hydrogen-bond acceptors (Lipinski definition) is 4. The van der Waals surface area contributed by atoms with Gasteiger partial charge in [-0.2, -0.15) is 0 Å². The van der Waals surface area contributed by atoms with E-state index in [4.69, 9.17) is 4.74 Å². The van der Waals surface area contributed by atoms with Gasteiger partial charge in [0.1, 0.15) is 5.75 Å². The van der Waals surface area contributed by atoms with Crippen LogP contribution in [0.3, 0.4) is 0 Å². The lowest BCUT2D eigenvalue weighted by atomic mass is 9.72. The van der Waals surface area contributed by atoms with Crippen molar-refractivity contribution in [2.75, 3.05) is 53.9 Å². The molecular weight excluding hydrogens is 342 g/mol. The summed E-state index contributed by atoms with van der Waals surface area (Å²) in [6.07, 6.45) is 3.52. The Morgan fingerprint density at radius 2 is 1.96 bits per heavy atom. The zero-order valence-corrected chi connectivity index (χ0v) is 16.7. The number of ether oxygens (including phenoxy) is 1. The van der Waals surface area contributed by atoms with Crippen molar-refractivity contribution < 1.29 is 14.3 Å². The first-order chi connectivity index (χ1) is 12.9. The van der Waals surface area contributed by atoms with E-state index in [2.05, 4.69) is 4.90 Å². The van der Waals surface area contributed by atoms with E-state index >= 15 is 0 Å². The van der Waals surface area contributed by atoms with Crippen LogP contribution in [0.15, 0.2) is 24.3 Å². The molecule has 0 radical (unpaired) electrons. The Morgan fingerprint density at radius 3 is 2.63 bits per heavy atom. The average molecular weight is 373 g/mol. The molecule has 1 aromatic rings. The predicted molar refractivity (Wildman–Crippen MR) is 105 cm³/mol. The summed E-state index contributed by atoms with van der Waals surface area (Å²) in [5.41, 5.74) is 0.850. The molecule has 6 heteroatoms. The summed E-state index contributed by atoms with van der Waals surface area (Å²) in [5, 5.41) is 0. The normalized spacial score (nSPS) is 19.6. The number of carbonyl (C=O) groups excluding carboxylic acids is 2. The zero-order chi connectivity index (χ0) is 19.4. The van der Waals surface area contributed by atoms with E-state index in [0.717, 1.165) is 52.0 Å². The van der Waals surface area contributed by atoms with Gasteiger partial charge < -0.3 is 19.4 Å². The topological polar surface area (TPSA) is 53.1 Å². The molecule has 2 aliphatic heterocycles. The van der Waals surface area contributed by atoms with Gasteiger partial charge in [0.2, 0.25) is 5.91 Å². The fraction of sp³-hybridized carbons (Fsp3) is 0.619. The van der Waals surface area contributed by atoms with Gasteiger partial charge in [-0.3, -0.25) is 9.59 Å². The van der Waals surface area contributed by atoms with Crippen LogP contribution in [0.1, 0.15) is 36.0 Å². The second-order valence-corrected chi connectivity index (χ2v) is 8.14. The first kappa shape index (κ1) is 19.7. The summed E-state index contributed by atoms with van der Waals surface area (Å²) in [6, 6.07) is 7.35. The van der Waals surface area contributed by atoms with E-state index in [1.807, 2.05) is 42.1 Å². The second-order valence-electron chi connectivity index (χ2n) is 8.14. The predicted octanol–water partition coefficient (Wildman–Crippen LogP) is 2.10. The highest BCUT2D eigenvalue weighted by atomic mass is 16.5. The van der Waals surface area contributed by atoms with Gasteiger partial charge in [-0.05, 0) is 57.0 Å². The van der Waals surface area contributed by atoms with E-state index in [-0.39, 0.29) is 17.2 Å². The van der Waals surface area contributed by atoms with Crippen molar-refractivity contribution in [2.45, 2.75) is 25.7 Å². The molecule has 2 aliphatic rings. The number of likely N-dealkylation sites (N-methyl/N-ethyl adjacent to an activating group) is 1. The van der Waals surface area contributed by atoms with Crippen molar-refractivity contribution in [3.63, 3.8) is 0 Å². The van der Waals surface area contributed by atoms with Gasteiger partial charge >= 0.3 is 0 Å². The number of piperidine rings is 2. The minimum absolute atomic E-state index is 0.0695. The highest BCUT2D eigenvalue weighted by molar-refractivity contribution is 5.94. The molecule has 148 valence electrons. The lowest BCUT2D eigenvalue weighted by molar-refractivity contribution is -0.139. The van der Waals surface area contributed by atoms with Crippen LogP contribution in [-0.2, 0) is 4.79 Å². The minimum Gasteiger partial charge on any atom is -0.497 e. The van der Waals surface area contributed by atoms with Crippen LogP contribution in [0, 0.1) is 5.41 Å². The molecule has 2 saturated heterocycles. The van der Waals surface area contributed by atoms with Gasteiger partial charge in [0.15, 0.2) is 0 Å². The van der Waals surface area contributed by atoms with Crippen LogP contribution < -0.4 is 4.74 Å². The lowest BCUT2D eigenvalue weighted by Crippen LogP contribution is -2.53. The van der Waals surface area contributed by atoms with Gasteiger partial charge in [-0.15, -0.1) is 0 Å². The Bertz CT molecular complexity index is 681. The molecule has 0 aromatic heterocycles. The molecule has 0 N–H and O–H groups in total. The smallest absolute Gasteiger partial charge is 0.253 e. The quantitative estimate of drug-likeness (QED) is 0.793. The molecular formula is C21H31N3O3. The van der Waals surface area contributed by atoms with Crippen molar-refractivity contribution in [1.29, 1.82) is 0 Å². The molecule has 1 aromatic carbocycles. The highest BCUT2D eigenvalue weighted by Gasteiger charge is 2.41. The third-order valence-corrected chi connectivity index (χ3v) is 5.99. The first-order valence-electron chi connectivity index (χ1n) is 9.78. The Labute approximate surface area is 162 Å². The van der Waals surface area contributed by atoms with Gasteiger partial charge in [-0.25, -0.2) is 0 Å². The van der Waals surface area contributed by atoms with Crippen molar-refractivity contribution in [3.05, 3.63) is 29.8 Å². The van der Waals surface area contributed by atoms with E-state index in [0.29, 0.717) is 17.7 Å². The molecule has 27 heavy (non-hydrogen) atoms. The van der Waals surface area contributed by atoms with Crippen LogP contribution >= 0.6 is 0 Å². The second kappa shape index (κ2) is 8.30. The van der Waals surface area contributed by atoms with Crippen LogP contribution in [0.25, 0.3) is 0 Å². The molecule has 0 saturated carbocycles. The standard InChI is InChI=1S/C21H31N3O3/c1-22(2)13-14-24-16-21(8-7-19(24)25)9-11-23(12-10-21)20(26)17-5-4-6-18(15-17)27-3/h4-6,15H,7-14,16H2,1-3H3. The number of methoxy groups -OCH3 is 1. The molecule has 0 unspecified atom stereocenters. The van der Waals surface area contributed by atoms with E-state index in [1.165, 1.54) is 0 Å². The zero-order valence-electron chi connectivity index (χ0n) is 16.7. The number of amides is 2. The van der Waals surface area contributed by atoms with Gasteiger partial charge in [-0.1, -0.05) is 6.07 Å². The first-order valence-corrected chi connectivity index (χ1v) is 9.78. The summed E-state index contributed by atoms with van der Waals surface area (Å²) in [5.74, 6) is 1.05. The maximum absolute atomic E-state index is 12.8. The number of hydrogen-bond donors (Lipinski definition) is 0. The Kier molecular flexibility index (Phi) is 6.05. The average Bonchev–Trinajstić information content (AvgIpc) is 2.69. The third kappa shape index (κ3) is 4.61. The third-order valence-electron chi connectivity index (χ3n) is 5.99. The number of benzene rings is 1. The Hall–Kier alpha value is -2.08. The molecule has 2 amide bonds. The van der Waals surface area contributed by atoms with E-state index in [9.17, 15) is 9.59 Å². The molecule has 1 spiro atoms. The molecule has 0 aliphatic carbocycles. The number of likely N-dealkylation sites (tertiary alicyclic amines) is 2.